The van der Waals surface area contributed by atoms with Crippen LogP contribution < -0.4 is 10.1 Å². The molecule has 0 aliphatic heterocycles. The number of hydrogen-bond acceptors (Lipinski definition) is 4. The van der Waals surface area contributed by atoms with Crippen molar-refractivity contribution in [2.45, 2.75) is 0 Å². The van der Waals surface area contributed by atoms with Gasteiger partial charge in [0.25, 0.3) is 5.91 Å². The molecule has 120 valence electrons. The summed E-state index contributed by atoms with van der Waals surface area (Å²) in [5.41, 5.74) is -0.0248. The van der Waals surface area contributed by atoms with E-state index in [1.807, 2.05) is 0 Å². The zero-order valence-corrected chi connectivity index (χ0v) is 13.1. The number of nitrogens with one attached hydrogen (secondary N) is 1. The summed E-state index contributed by atoms with van der Waals surface area (Å²) >= 11 is 11.7. The Morgan fingerprint density at radius 3 is 2.52 bits per heavy atom. The topological polar surface area (TPSA) is 95.9 Å². The van der Waals surface area contributed by atoms with Gasteiger partial charge < -0.3 is 20.3 Å². The lowest BCUT2D eigenvalue weighted by atomic mass is 10.2. The second-order valence-corrected chi connectivity index (χ2v) is 5.29. The van der Waals surface area contributed by atoms with Gasteiger partial charge in [0.1, 0.15) is 11.5 Å². The van der Waals surface area contributed by atoms with Crippen LogP contribution in [0.2, 0.25) is 10.0 Å². The number of ether oxygens (including phenoxy) is 1. The summed E-state index contributed by atoms with van der Waals surface area (Å²) in [5, 5.41) is 21.6. The monoisotopic (exact) mass is 355 g/mol. The van der Waals surface area contributed by atoms with Gasteiger partial charge in [-0.3, -0.25) is 4.79 Å². The lowest BCUT2D eigenvalue weighted by Crippen LogP contribution is -2.20. The number of rotatable bonds is 5. The zero-order chi connectivity index (χ0) is 17.0. The Labute approximate surface area is 141 Å². The molecular formula is C15H11Cl2NO5. The van der Waals surface area contributed by atoms with Crippen molar-refractivity contribution < 1.29 is 24.5 Å². The summed E-state index contributed by atoms with van der Waals surface area (Å²) in [4.78, 5) is 22.6. The van der Waals surface area contributed by atoms with Crippen molar-refractivity contribution in [2.24, 2.45) is 0 Å². The minimum atomic E-state index is -1.18. The van der Waals surface area contributed by atoms with Gasteiger partial charge in [0.2, 0.25) is 0 Å². The molecule has 0 saturated carbocycles. The Hall–Kier alpha value is -2.44. The van der Waals surface area contributed by atoms with Crippen molar-refractivity contribution in [3.63, 3.8) is 0 Å². The van der Waals surface area contributed by atoms with Crippen molar-refractivity contribution in [3.8, 4) is 11.5 Å². The van der Waals surface area contributed by atoms with Gasteiger partial charge in [-0.05, 0) is 30.3 Å². The molecule has 0 aliphatic rings. The minimum absolute atomic E-state index is 0.0702. The van der Waals surface area contributed by atoms with E-state index < -0.39 is 11.9 Å². The largest absolute Gasteiger partial charge is 0.506 e. The number of carboxylic acids is 1. The number of anilines is 1. The Morgan fingerprint density at radius 1 is 1.13 bits per heavy atom. The van der Waals surface area contributed by atoms with Crippen LogP contribution in [0.1, 0.15) is 10.4 Å². The van der Waals surface area contributed by atoms with E-state index in [-0.39, 0.29) is 29.4 Å². The van der Waals surface area contributed by atoms with E-state index >= 15 is 0 Å². The van der Waals surface area contributed by atoms with Crippen molar-refractivity contribution >= 4 is 40.8 Å². The molecule has 23 heavy (non-hydrogen) atoms. The summed E-state index contributed by atoms with van der Waals surface area (Å²) in [6.07, 6.45) is 0. The molecule has 0 radical (unpaired) electrons. The molecule has 0 fully saturated rings. The van der Waals surface area contributed by atoms with E-state index in [0.717, 1.165) is 6.07 Å². The number of aromatic hydroxyl groups is 1. The molecule has 0 saturated heterocycles. The number of phenolic OH excluding ortho intramolecular Hbond substituents is 1. The van der Waals surface area contributed by atoms with E-state index in [9.17, 15) is 14.7 Å². The second kappa shape index (κ2) is 7.21. The van der Waals surface area contributed by atoms with Crippen LogP contribution in [0.25, 0.3) is 0 Å². The lowest BCUT2D eigenvalue weighted by Gasteiger charge is -2.10. The fourth-order valence-electron chi connectivity index (χ4n) is 1.69. The van der Waals surface area contributed by atoms with Gasteiger partial charge in [0.05, 0.1) is 16.3 Å². The Bertz CT molecular complexity index is 764. The first-order valence-electron chi connectivity index (χ1n) is 6.31. The van der Waals surface area contributed by atoms with Crippen LogP contribution in [0, 0.1) is 0 Å². The summed E-state index contributed by atoms with van der Waals surface area (Å²) in [7, 11) is 0. The number of halogens is 2. The average Bonchev–Trinajstić information content (AvgIpc) is 2.50. The Kier molecular flexibility index (Phi) is 5.31. The fourth-order valence-corrected chi connectivity index (χ4v) is 2.02. The second-order valence-electron chi connectivity index (χ2n) is 4.45. The first kappa shape index (κ1) is 16.9. The standard InChI is InChI=1S/C15H11Cl2NO5/c16-9-2-3-10(17)13(6-9)23-7-14(20)18-11-4-1-8(15(21)22)5-12(11)19/h1-6,19H,7H2,(H,18,20)(H,21,22). The number of hydrogen-bond donors (Lipinski definition) is 3. The number of aromatic carboxylic acids is 1. The molecule has 2 aromatic rings. The van der Waals surface area contributed by atoms with E-state index in [1.165, 1.54) is 24.3 Å². The normalized spacial score (nSPS) is 10.2. The lowest BCUT2D eigenvalue weighted by molar-refractivity contribution is -0.118. The average molecular weight is 356 g/mol. The van der Waals surface area contributed by atoms with Crippen molar-refractivity contribution in [1.82, 2.24) is 0 Å². The zero-order valence-electron chi connectivity index (χ0n) is 11.5. The summed E-state index contributed by atoms with van der Waals surface area (Å²) < 4.78 is 5.25. The smallest absolute Gasteiger partial charge is 0.335 e. The highest BCUT2D eigenvalue weighted by Gasteiger charge is 2.11. The van der Waals surface area contributed by atoms with Crippen molar-refractivity contribution in [1.29, 1.82) is 0 Å². The van der Waals surface area contributed by atoms with Crippen LogP contribution in [-0.2, 0) is 4.79 Å². The molecule has 2 aromatic carbocycles. The highest BCUT2D eigenvalue weighted by Crippen LogP contribution is 2.28. The molecule has 8 heteroatoms. The van der Waals surface area contributed by atoms with Crippen LogP contribution in [0.4, 0.5) is 5.69 Å². The number of carbonyl (C=O) groups is 2. The van der Waals surface area contributed by atoms with E-state index in [1.54, 1.807) is 6.07 Å². The van der Waals surface area contributed by atoms with Crippen molar-refractivity contribution in [2.75, 3.05) is 11.9 Å². The maximum Gasteiger partial charge on any atom is 0.335 e. The molecule has 0 aliphatic carbocycles. The van der Waals surface area contributed by atoms with Crippen LogP contribution in [0.3, 0.4) is 0 Å². The van der Waals surface area contributed by atoms with Gasteiger partial charge in [-0.25, -0.2) is 4.79 Å². The first-order valence-corrected chi connectivity index (χ1v) is 7.06. The minimum Gasteiger partial charge on any atom is -0.506 e. The number of carbonyl (C=O) groups excluding carboxylic acids is 1. The maximum atomic E-state index is 11.8. The molecule has 0 spiro atoms. The van der Waals surface area contributed by atoms with Gasteiger partial charge in [-0.15, -0.1) is 0 Å². The predicted octanol–water partition coefficient (Wildman–Crippen LogP) is 3.41. The molecule has 0 atom stereocenters. The third-order valence-electron chi connectivity index (χ3n) is 2.77. The molecule has 1 amide bonds. The predicted molar refractivity (Wildman–Crippen MR) is 85.7 cm³/mol. The molecule has 0 aromatic heterocycles. The fraction of sp³-hybridized carbons (Fsp3) is 0.0667. The Morgan fingerprint density at radius 2 is 1.87 bits per heavy atom. The number of amides is 1. The molecule has 3 N–H and O–H groups in total. The summed E-state index contributed by atoms with van der Waals surface area (Å²) in [6.45, 7) is -0.361. The van der Waals surface area contributed by atoms with Gasteiger partial charge in [-0.1, -0.05) is 23.2 Å². The molecule has 2 rings (SSSR count). The van der Waals surface area contributed by atoms with Crippen LogP contribution in [-0.4, -0.2) is 28.7 Å². The van der Waals surface area contributed by atoms with E-state index in [2.05, 4.69) is 5.32 Å². The van der Waals surface area contributed by atoms with Gasteiger partial charge in [0.15, 0.2) is 6.61 Å². The van der Waals surface area contributed by atoms with E-state index in [4.69, 9.17) is 33.0 Å². The highest BCUT2D eigenvalue weighted by molar-refractivity contribution is 6.34. The molecule has 0 heterocycles. The van der Waals surface area contributed by atoms with Crippen LogP contribution >= 0.6 is 23.2 Å². The van der Waals surface area contributed by atoms with E-state index in [0.29, 0.717) is 10.0 Å². The van der Waals surface area contributed by atoms with Crippen LogP contribution in [0.5, 0.6) is 11.5 Å². The molecule has 6 nitrogen and oxygen atoms in total. The van der Waals surface area contributed by atoms with Gasteiger partial charge in [-0.2, -0.15) is 0 Å². The van der Waals surface area contributed by atoms with Crippen LogP contribution in [0.15, 0.2) is 36.4 Å². The Balaban J connectivity index is 2.00. The quantitative estimate of drug-likeness (QED) is 0.714. The molecule has 0 bridgehead atoms. The first-order chi connectivity index (χ1) is 10.9. The highest BCUT2D eigenvalue weighted by atomic mass is 35.5. The number of carboxylic acid groups (broad SMARTS) is 1. The molecule has 0 unspecified atom stereocenters. The summed E-state index contributed by atoms with van der Waals surface area (Å²) in [5.74, 6) is -1.85. The SMILES string of the molecule is O=C(COc1cc(Cl)ccc1Cl)Nc1ccc(C(=O)O)cc1O. The number of benzene rings is 2. The van der Waals surface area contributed by atoms with Gasteiger partial charge >= 0.3 is 5.97 Å². The maximum absolute atomic E-state index is 11.8. The third-order valence-corrected chi connectivity index (χ3v) is 3.32. The van der Waals surface area contributed by atoms with Crippen molar-refractivity contribution in [3.05, 3.63) is 52.0 Å². The third kappa shape index (κ3) is 4.51. The molecular weight excluding hydrogens is 345 g/mol. The van der Waals surface area contributed by atoms with Gasteiger partial charge in [0, 0.05) is 11.1 Å². The summed E-state index contributed by atoms with van der Waals surface area (Å²) in [6, 6.07) is 8.16. The number of phenols is 1.